The second kappa shape index (κ2) is 17.4. The van der Waals surface area contributed by atoms with Crippen LogP contribution in [0.4, 0.5) is 5.69 Å². The van der Waals surface area contributed by atoms with Crippen LogP contribution in [0.5, 0.6) is 0 Å². The van der Waals surface area contributed by atoms with Crippen LogP contribution in [0.1, 0.15) is 60.6 Å². The molecule has 2 unspecified atom stereocenters. The predicted octanol–water partition coefficient (Wildman–Crippen LogP) is 4.18. The number of benzene rings is 1. The number of furan rings is 1. The Balaban J connectivity index is 1.01. The summed E-state index contributed by atoms with van der Waals surface area (Å²) in [5.41, 5.74) is 9.34. The monoisotopic (exact) mass is 850 g/mol. The number of allylic oxidation sites excluding steroid dienone is 1. The van der Waals surface area contributed by atoms with Crippen LogP contribution in [-0.4, -0.2) is 76.3 Å². The number of pyridine rings is 2. The molecule has 0 radical (unpaired) electrons. The lowest BCUT2D eigenvalue weighted by molar-refractivity contribution is -0.137. The number of thiophene rings is 1. The molecule has 7 aromatic rings. The van der Waals surface area contributed by atoms with Crippen molar-refractivity contribution in [1.29, 1.82) is 0 Å². The third-order valence-corrected chi connectivity index (χ3v) is 11.4. The molecule has 1 aliphatic rings. The van der Waals surface area contributed by atoms with Crippen LogP contribution >= 0.6 is 11.3 Å². The first-order chi connectivity index (χ1) is 30.0. The fourth-order valence-corrected chi connectivity index (χ4v) is 8.38. The van der Waals surface area contributed by atoms with Crippen molar-refractivity contribution in [2.75, 3.05) is 5.32 Å². The fraction of sp³-hybridized carbons (Fsp3) is 0.182. The molecule has 17 nitrogen and oxygen atoms in total. The molecule has 0 fully saturated rings. The van der Waals surface area contributed by atoms with Crippen LogP contribution in [0, 0.1) is 13.8 Å². The Morgan fingerprint density at radius 3 is 2.00 bits per heavy atom. The molecule has 18 heteroatoms. The molecule has 2 atom stereocenters. The maximum atomic E-state index is 14.1. The zero-order valence-electron chi connectivity index (χ0n) is 33.3. The van der Waals surface area contributed by atoms with Crippen molar-refractivity contribution < 1.29 is 33.2 Å². The number of carbonyl (C=O) groups is 6. The van der Waals surface area contributed by atoms with E-state index in [0.717, 1.165) is 28.8 Å². The van der Waals surface area contributed by atoms with E-state index in [1.54, 1.807) is 84.6 Å². The van der Waals surface area contributed by atoms with E-state index in [-0.39, 0.29) is 35.8 Å². The molecule has 312 valence electrons. The minimum absolute atomic E-state index is 0.00378. The van der Waals surface area contributed by atoms with Gasteiger partial charge >= 0.3 is 0 Å². The third-order valence-electron chi connectivity index (χ3n) is 10.3. The molecule has 0 saturated carbocycles. The van der Waals surface area contributed by atoms with Crippen molar-refractivity contribution in [3.05, 3.63) is 142 Å². The molecular weight excluding hydrogens is 813 g/mol. The number of nitrogens with zero attached hydrogens (tertiary/aromatic N) is 6. The van der Waals surface area contributed by atoms with Crippen molar-refractivity contribution in [3.63, 3.8) is 0 Å². The van der Waals surface area contributed by atoms with Gasteiger partial charge in [-0.1, -0.05) is 24.3 Å². The first-order valence-electron chi connectivity index (χ1n) is 19.4. The largest absolute Gasteiger partial charge is 0.464 e. The first-order valence-corrected chi connectivity index (χ1v) is 20.3. The van der Waals surface area contributed by atoms with Gasteiger partial charge in [-0.2, -0.15) is 0 Å². The summed E-state index contributed by atoms with van der Waals surface area (Å²) < 4.78 is 8.87. The molecule has 5 N–H and O–H groups in total. The van der Waals surface area contributed by atoms with E-state index in [0.29, 0.717) is 34.0 Å². The Labute approximate surface area is 357 Å². The normalized spacial score (nSPS) is 12.9. The van der Waals surface area contributed by atoms with Gasteiger partial charge in [0.15, 0.2) is 0 Å². The van der Waals surface area contributed by atoms with Gasteiger partial charge in [0.05, 0.1) is 6.26 Å². The topological polar surface area (TPSA) is 239 Å². The lowest BCUT2D eigenvalue weighted by atomic mass is 9.96. The number of aromatic nitrogens is 6. The smallest absolute Gasteiger partial charge is 0.293 e. The maximum absolute atomic E-state index is 14.1. The Hall–Kier alpha value is -7.86. The number of nitrogens with one attached hydrogen (secondary N) is 3. The molecule has 62 heavy (non-hydrogen) atoms. The molecule has 6 aromatic heterocycles. The van der Waals surface area contributed by atoms with Crippen LogP contribution in [0.2, 0.25) is 0 Å². The van der Waals surface area contributed by atoms with E-state index in [1.807, 2.05) is 11.5 Å². The number of rotatable bonds is 15. The molecule has 0 saturated heterocycles. The van der Waals surface area contributed by atoms with Gasteiger partial charge in [-0.15, -0.1) is 11.3 Å². The Kier molecular flexibility index (Phi) is 11.5. The SMILES string of the molecule is Cc1cnc(C(=O)NC(Cc2coc3cc(NC(=O)C(=O)C(Cc4csc5c4C=CCC5)NC(=O)c4ncc(C)n4-c4ccccn4)ccc23)C(=O)C(N)=O)n1-c1ccccn1. The number of imidazole rings is 2. The number of hydrogen-bond acceptors (Lipinski definition) is 12. The third kappa shape index (κ3) is 8.30. The standard InChI is InChI=1S/C44H38N10O7S/c1-24-20-48-40(53(24)35-11-5-7-15-46-35)43(59)51-31(37(55)39(45)57)17-26-22-61-33-19-28(13-14-29(26)33)50-42(58)38(56)32(18-27-23-62-34-10-4-3-9-30(27)34)52-44(60)41-49-21-25(2)54(41)36-12-6-8-16-47-36/h3,5-9,11-16,19-23,31-32H,4,10,17-18H2,1-2H3,(H2,45,57)(H,50,58)(H,51,59)(H,52,60). The number of aryl methyl sites for hydroxylation is 3. The zero-order valence-corrected chi connectivity index (χ0v) is 34.1. The van der Waals surface area contributed by atoms with E-state index in [4.69, 9.17) is 10.2 Å². The van der Waals surface area contributed by atoms with E-state index in [2.05, 4.69) is 42.0 Å². The number of carbonyl (C=O) groups excluding carboxylic acids is 6. The average Bonchev–Trinajstić information content (AvgIpc) is 4.08. The second-order valence-corrected chi connectivity index (χ2v) is 15.5. The van der Waals surface area contributed by atoms with Crippen molar-refractivity contribution in [2.45, 2.75) is 51.6 Å². The highest BCUT2D eigenvalue weighted by molar-refractivity contribution is 7.10. The number of nitrogens with two attached hydrogens (primary N) is 1. The summed E-state index contributed by atoms with van der Waals surface area (Å²) in [5.74, 6) is -4.77. The molecule has 0 bridgehead atoms. The van der Waals surface area contributed by atoms with Crippen molar-refractivity contribution in [1.82, 2.24) is 39.7 Å². The summed E-state index contributed by atoms with van der Waals surface area (Å²) >= 11 is 1.57. The number of fused-ring (bicyclic) bond motifs is 2. The molecule has 8 rings (SSSR count). The van der Waals surface area contributed by atoms with Gasteiger partial charge in [0.1, 0.15) is 29.3 Å². The minimum Gasteiger partial charge on any atom is -0.464 e. The van der Waals surface area contributed by atoms with Crippen molar-refractivity contribution in [2.24, 2.45) is 5.73 Å². The van der Waals surface area contributed by atoms with Crippen molar-refractivity contribution >= 4 is 69.3 Å². The summed E-state index contributed by atoms with van der Waals surface area (Å²) in [6, 6.07) is 12.4. The Bertz CT molecular complexity index is 2910. The quantitative estimate of drug-likeness (QED) is 0.107. The van der Waals surface area contributed by atoms with Crippen LogP contribution in [0.25, 0.3) is 28.7 Å². The molecule has 1 aliphatic carbocycles. The van der Waals surface area contributed by atoms with Gasteiger partial charge in [-0.05, 0) is 79.6 Å². The van der Waals surface area contributed by atoms with Crippen LogP contribution in [-0.2, 0) is 38.4 Å². The maximum Gasteiger partial charge on any atom is 0.293 e. The molecule has 0 spiro atoms. The second-order valence-electron chi connectivity index (χ2n) is 14.5. The van der Waals surface area contributed by atoms with E-state index in [9.17, 15) is 28.8 Å². The van der Waals surface area contributed by atoms with Crippen molar-refractivity contribution in [3.8, 4) is 11.6 Å². The van der Waals surface area contributed by atoms with E-state index < -0.39 is 47.3 Å². The summed E-state index contributed by atoms with van der Waals surface area (Å²) in [7, 11) is 0. The Morgan fingerprint density at radius 2 is 1.40 bits per heavy atom. The molecule has 4 amide bonds. The van der Waals surface area contributed by atoms with Gasteiger partial charge in [-0.3, -0.25) is 37.9 Å². The summed E-state index contributed by atoms with van der Waals surface area (Å²) in [5, 5.41) is 10.4. The summed E-state index contributed by atoms with van der Waals surface area (Å²) in [6.45, 7) is 3.51. The van der Waals surface area contributed by atoms with Gasteiger partial charge in [0.2, 0.25) is 23.2 Å². The lowest BCUT2D eigenvalue weighted by Gasteiger charge is -2.19. The van der Waals surface area contributed by atoms with Gasteiger partial charge in [0, 0.05) is 76.6 Å². The first kappa shape index (κ1) is 40.9. The number of hydrogen-bond donors (Lipinski definition) is 4. The average molecular weight is 851 g/mol. The van der Waals surface area contributed by atoms with E-state index >= 15 is 0 Å². The highest BCUT2D eigenvalue weighted by Crippen LogP contribution is 2.31. The fourth-order valence-electron chi connectivity index (χ4n) is 7.31. The molecule has 1 aromatic carbocycles. The number of ketones is 2. The van der Waals surface area contributed by atoms with Gasteiger partial charge < -0.3 is 26.1 Å². The number of Topliss-reactive ketones (excluding diaryl/α,β-unsaturated/α-hetero) is 2. The summed E-state index contributed by atoms with van der Waals surface area (Å²) in [6.07, 6.45) is 13.2. The van der Waals surface area contributed by atoms with Crippen LogP contribution in [0.3, 0.4) is 0 Å². The molecule has 6 heterocycles. The number of anilines is 1. The Morgan fingerprint density at radius 1 is 0.790 bits per heavy atom. The number of amides is 4. The van der Waals surface area contributed by atoms with E-state index in [1.165, 1.54) is 35.4 Å². The highest BCUT2D eigenvalue weighted by Gasteiger charge is 2.32. The van der Waals surface area contributed by atoms with Crippen LogP contribution < -0.4 is 21.7 Å². The molecule has 0 aliphatic heterocycles. The molecular formula is C44H38N10O7S. The lowest BCUT2D eigenvalue weighted by Crippen LogP contribution is -2.47. The minimum atomic E-state index is -1.39. The van der Waals surface area contributed by atoms with Crippen LogP contribution in [0.15, 0.2) is 102 Å². The predicted molar refractivity (Wildman–Crippen MR) is 228 cm³/mol. The number of primary amides is 1. The summed E-state index contributed by atoms with van der Waals surface area (Å²) in [4.78, 5) is 98.7. The highest BCUT2D eigenvalue weighted by atomic mass is 32.1. The zero-order chi connectivity index (χ0) is 43.5. The van der Waals surface area contributed by atoms with Gasteiger partial charge in [0.25, 0.3) is 23.6 Å². The van der Waals surface area contributed by atoms with Gasteiger partial charge in [-0.25, -0.2) is 19.9 Å².